The van der Waals surface area contributed by atoms with Gasteiger partial charge in [0.15, 0.2) is 23.4 Å². The number of ether oxygens (including phenoxy) is 2. The maximum atomic E-state index is 12.5. The van der Waals surface area contributed by atoms with Gasteiger partial charge in [0.1, 0.15) is 5.60 Å². The minimum atomic E-state index is -1.04. The number of hydrogen-bond acceptors (Lipinski definition) is 5. The number of hydrogen-bond donors (Lipinski definition) is 1. The Morgan fingerprint density at radius 2 is 2.27 bits per heavy atom. The van der Waals surface area contributed by atoms with Gasteiger partial charge in [-0.3, -0.25) is 9.69 Å². The summed E-state index contributed by atoms with van der Waals surface area (Å²) in [7, 11) is 3.65. The van der Waals surface area contributed by atoms with Crippen LogP contribution in [0.15, 0.2) is 24.3 Å². The standard InChI is InChI=1S/C17H15NO4/c1-18-14-16(18)7-15-11-8(16)3-4-10(21-2)12(11)22-13(15)9(19)5-6-17(14,15)20/h3-6,13-14,20H,7H2,1-2H3. The van der Waals surface area contributed by atoms with Crippen LogP contribution in [0, 0.1) is 0 Å². The van der Waals surface area contributed by atoms with Crippen LogP contribution in [0.1, 0.15) is 17.5 Å². The molecule has 2 heterocycles. The summed E-state index contributed by atoms with van der Waals surface area (Å²) >= 11 is 0. The maximum Gasteiger partial charge on any atom is 0.196 e. The molecule has 1 saturated carbocycles. The largest absolute Gasteiger partial charge is 0.493 e. The van der Waals surface area contributed by atoms with Gasteiger partial charge in [-0.25, -0.2) is 0 Å². The molecule has 5 aliphatic rings. The van der Waals surface area contributed by atoms with Crippen LogP contribution in [0.25, 0.3) is 0 Å². The molecule has 1 aromatic carbocycles. The van der Waals surface area contributed by atoms with Crippen molar-refractivity contribution in [1.82, 2.24) is 4.90 Å². The molecule has 2 bridgehead atoms. The number of benzene rings is 1. The van der Waals surface area contributed by atoms with E-state index in [9.17, 15) is 9.90 Å². The lowest BCUT2D eigenvalue weighted by Gasteiger charge is -2.44. The highest BCUT2D eigenvalue weighted by Gasteiger charge is 2.90. The minimum absolute atomic E-state index is 0.0299. The fourth-order valence-corrected chi connectivity index (χ4v) is 6.02. The van der Waals surface area contributed by atoms with Gasteiger partial charge in [-0.2, -0.15) is 0 Å². The molecule has 0 aromatic heterocycles. The lowest BCUT2D eigenvalue weighted by Crippen LogP contribution is -2.61. The normalized spacial score (nSPS) is 50.7. The number of aliphatic hydroxyl groups is 1. The van der Waals surface area contributed by atoms with Crippen molar-refractivity contribution in [2.24, 2.45) is 0 Å². The van der Waals surface area contributed by atoms with E-state index < -0.39 is 17.1 Å². The molecule has 5 nitrogen and oxygen atoms in total. The summed E-state index contributed by atoms with van der Waals surface area (Å²) in [6, 6.07) is 4.02. The second-order valence-corrected chi connectivity index (χ2v) is 7.16. The number of fused-ring (bicyclic) bond motifs is 1. The van der Waals surface area contributed by atoms with Crippen molar-refractivity contribution in [3.05, 3.63) is 35.4 Å². The molecular weight excluding hydrogens is 282 g/mol. The summed E-state index contributed by atoms with van der Waals surface area (Å²) in [5.41, 5.74) is 0.367. The Balaban J connectivity index is 1.78. The molecule has 6 unspecified atom stereocenters. The van der Waals surface area contributed by atoms with Gasteiger partial charge in [0.2, 0.25) is 0 Å². The fraction of sp³-hybridized carbons (Fsp3) is 0.471. The van der Waals surface area contributed by atoms with E-state index in [2.05, 4.69) is 11.0 Å². The quantitative estimate of drug-likeness (QED) is 0.765. The van der Waals surface area contributed by atoms with Crippen molar-refractivity contribution in [3.8, 4) is 11.5 Å². The Hall–Kier alpha value is -1.85. The number of ketones is 1. The van der Waals surface area contributed by atoms with Crippen molar-refractivity contribution < 1.29 is 19.4 Å². The van der Waals surface area contributed by atoms with E-state index in [1.165, 1.54) is 11.6 Å². The highest BCUT2D eigenvalue weighted by atomic mass is 16.5. The number of carbonyl (C=O) groups excluding carboxylic acids is 1. The first-order chi connectivity index (χ1) is 10.5. The molecule has 22 heavy (non-hydrogen) atoms. The lowest BCUT2D eigenvalue weighted by atomic mass is 9.62. The molecule has 2 fully saturated rings. The number of rotatable bonds is 1. The van der Waals surface area contributed by atoms with Gasteiger partial charge in [0.05, 0.1) is 24.1 Å². The van der Waals surface area contributed by atoms with Crippen LogP contribution < -0.4 is 9.47 Å². The average molecular weight is 297 g/mol. The number of nitrogens with zero attached hydrogens (tertiary/aromatic N) is 1. The van der Waals surface area contributed by atoms with Gasteiger partial charge in [-0.15, -0.1) is 0 Å². The van der Waals surface area contributed by atoms with Crippen LogP contribution >= 0.6 is 0 Å². The summed E-state index contributed by atoms with van der Waals surface area (Å²) in [4.78, 5) is 14.7. The molecule has 0 radical (unpaired) electrons. The number of likely N-dealkylation sites (N-methyl/N-ethyl adjacent to an activating group) is 1. The Bertz CT molecular complexity index is 832. The van der Waals surface area contributed by atoms with Crippen molar-refractivity contribution in [2.75, 3.05) is 14.2 Å². The zero-order valence-electron chi connectivity index (χ0n) is 12.3. The molecule has 1 aromatic rings. The van der Waals surface area contributed by atoms with E-state index in [0.717, 1.165) is 12.0 Å². The third kappa shape index (κ3) is 0.754. The minimum Gasteiger partial charge on any atom is -0.493 e. The average Bonchev–Trinajstić information content (AvgIpc) is 2.83. The van der Waals surface area contributed by atoms with Crippen LogP contribution in [0.4, 0.5) is 0 Å². The van der Waals surface area contributed by atoms with Gasteiger partial charge in [0.25, 0.3) is 0 Å². The van der Waals surface area contributed by atoms with E-state index in [-0.39, 0.29) is 17.4 Å². The van der Waals surface area contributed by atoms with E-state index in [4.69, 9.17) is 9.47 Å². The fourth-order valence-electron chi connectivity index (χ4n) is 6.02. The van der Waals surface area contributed by atoms with Crippen LogP contribution in [-0.2, 0) is 15.7 Å². The summed E-state index contributed by atoms with van der Waals surface area (Å²) in [5.74, 6) is 1.23. The molecule has 1 N–H and O–H groups in total. The van der Waals surface area contributed by atoms with E-state index in [0.29, 0.717) is 11.5 Å². The predicted octanol–water partition coefficient (Wildman–Crippen LogP) is 0.491. The monoisotopic (exact) mass is 297 g/mol. The van der Waals surface area contributed by atoms with Crippen LogP contribution in [-0.4, -0.2) is 47.7 Å². The molecule has 2 aliphatic heterocycles. The first-order valence-electron chi connectivity index (χ1n) is 7.59. The van der Waals surface area contributed by atoms with Gasteiger partial charge in [0, 0.05) is 5.56 Å². The summed E-state index contributed by atoms with van der Waals surface area (Å²) in [6.07, 6.45) is 3.32. The van der Waals surface area contributed by atoms with Crippen molar-refractivity contribution in [1.29, 1.82) is 0 Å². The van der Waals surface area contributed by atoms with E-state index in [1.807, 2.05) is 13.1 Å². The predicted molar refractivity (Wildman–Crippen MR) is 76.0 cm³/mol. The zero-order valence-corrected chi connectivity index (χ0v) is 12.3. The van der Waals surface area contributed by atoms with Crippen LogP contribution in [0.2, 0.25) is 0 Å². The lowest BCUT2D eigenvalue weighted by molar-refractivity contribution is -0.130. The van der Waals surface area contributed by atoms with Crippen molar-refractivity contribution in [2.45, 2.75) is 35.1 Å². The Kier molecular flexibility index (Phi) is 1.51. The van der Waals surface area contributed by atoms with Crippen LogP contribution in [0.3, 0.4) is 0 Å². The Labute approximate surface area is 127 Å². The smallest absolute Gasteiger partial charge is 0.196 e. The molecule has 1 saturated heterocycles. The highest BCUT2D eigenvalue weighted by Crippen LogP contribution is 2.80. The van der Waals surface area contributed by atoms with E-state index >= 15 is 0 Å². The Morgan fingerprint density at radius 3 is 3.05 bits per heavy atom. The molecule has 6 atom stereocenters. The van der Waals surface area contributed by atoms with Gasteiger partial charge in [-0.05, 0) is 37.3 Å². The number of piperidine rings is 1. The SMILES string of the molecule is COc1ccc2c3c1OC1C(=O)C=CC4(O)C5N(C)C25CC314. The third-order valence-corrected chi connectivity index (χ3v) is 6.78. The molecule has 0 amide bonds. The number of methoxy groups -OCH3 is 1. The molecular formula is C17H15NO4. The summed E-state index contributed by atoms with van der Waals surface area (Å²) in [5, 5.41) is 11.5. The summed E-state index contributed by atoms with van der Waals surface area (Å²) < 4.78 is 11.5. The van der Waals surface area contributed by atoms with E-state index in [1.54, 1.807) is 13.2 Å². The summed E-state index contributed by atoms with van der Waals surface area (Å²) in [6.45, 7) is 0. The van der Waals surface area contributed by atoms with Crippen molar-refractivity contribution in [3.63, 3.8) is 0 Å². The Morgan fingerprint density at radius 1 is 1.45 bits per heavy atom. The van der Waals surface area contributed by atoms with Gasteiger partial charge in [-0.1, -0.05) is 6.07 Å². The molecule has 5 heteroatoms. The molecule has 2 spiro atoms. The molecule has 3 aliphatic carbocycles. The van der Waals surface area contributed by atoms with Crippen LogP contribution in [0.5, 0.6) is 11.5 Å². The third-order valence-electron chi connectivity index (χ3n) is 6.78. The maximum absolute atomic E-state index is 12.5. The number of carbonyl (C=O) groups is 1. The van der Waals surface area contributed by atoms with Gasteiger partial charge >= 0.3 is 0 Å². The highest BCUT2D eigenvalue weighted by molar-refractivity contribution is 6.00. The number of likely N-dealkylation sites (tertiary alicyclic amines) is 1. The second kappa shape index (κ2) is 2.84. The topological polar surface area (TPSA) is 58.8 Å². The first kappa shape index (κ1) is 11.7. The molecule has 112 valence electrons. The zero-order chi connectivity index (χ0) is 15.1. The second-order valence-electron chi connectivity index (χ2n) is 7.16. The van der Waals surface area contributed by atoms with Crippen molar-refractivity contribution >= 4 is 5.78 Å². The van der Waals surface area contributed by atoms with Gasteiger partial charge < -0.3 is 14.6 Å². The molecule has 6 rings (SSSR count). The first-order valence-corrected chi connectivity index (χ1v) is 7.59.